The molecule has 6 aromatic rings. The number of benzene rings is 6. The Labute approximate surface area is 657 Å². The molecule has 0 spiro atoms. The fourth-order valence-corrected chi connectivity index (χ4v) is 17.8. The van der Waals surface area contributed by atoms with Gasteiger partial charge in [-0.2, -0.15) is 0 Å². The van der Waals surface area contributed by atoms with E-state index in [9.17, 15) is 58.9 Å². The van der Waals surface area contributed by atoms with E-state index < -0.39 is 205 Å². The first-order valence-electron chi connectivity index (χ1n) is 36.8. The second kappa shape index (κ2) is 33.1. The monoisotopic (exact) mass is 1620 g/mol. The summed E-state index contributed by atoms with van der Waals surface area (Å²) in [6.07, 6.45) is -10.5. The number of amides is 8. The summed E-state index contributed by atoms with van der Waals surface area (Å²) < 4.78 is 61.0. The van der Waals surface area contributed by atoms with Crippen LogP contribution >= 0.6 is 23.2 Å². The molecule has 5 fully saturated rings. The van der Waals surface area contributed by atoms with Crippen LogP contribution < -0.4 is 71.9 Å². The zero-order chi connectivity index (χ0) is 80.9. The highest BCUT2D eigenvalue weighted by Gasteiger charge is 2.51. The maximum absolute atomic E-state index is 16.4. The Kier molecular flexibility index (Phi) is 23.7. The summed E-state index contributed by atoms with van der Waals surface area (Å²) in [5.74, 6) is -13.8. The number of phenols is 3. The first-order chi connectivity index (χ1) is 53.8. The predicted octanol–water partition coefficient (Wildman–Crippen LogP) is 3.11. The molecular formula is C77H86Cl2N10O23S. The molecule has 15 bridgehead atoms. The molecule has 0 radical (unpaired) electrons. The number of carbonyl (C=O) groups is 8. The van der Waals surface area contributed by atoms with Crippen molar-refractivity contribution < 1.29 is 111 Å². The third-order valence-electron chi connectivity index (χ3n) is 21.7. The van der Waals surface area contributed by atoms with Gasteiger partial charge in [-0.15, -0.1) is 0 Å². The van der Waals surface area contributed by atoms with Gasteiger partial charge in [0.05, 0.1) is 34.0 Å². The van der Waals surface area contributed by atoms with Crippen molar-refractivity contribution in [1.82, 2.24) is 47.3 Å². The van der Waals surface area contributed by atoms with Gasteiger partial charge in [0.15, 0.2) is 11.5 Å². The average molecular weight is 1620 g/mol. The van der Waals surface area contributed by atoms with Gasteiger partial charge in [0.25, 0.3) is 10.0 Å². The number of nitrogens with two attached hydrogens (primary N) is 1. The standard InChI is InChI=1S/C77H86Cl2N10O23S/c1-5-108-41-9-11-42(12-10-41)113(106,107)89-56(93)29-48-71(100)84-60-39-25-53(109-51-14-7-35(23-45(51)78)64(94)62(75(104)82-48)87-70(99)47(81-4)16-31(2)3)69(112-77-68(98)67(97)66(96)55(30-80)111-77)54(26-39)110-52-15-8-36(24-46(52)79)65(95)63-76(105)86-61(74(103)83-58-37-18-32-17-33(20-37)21-38(58)19-32)44-27-40(90)28-50(92)57(44)43-22-34(6-13-49(43)91)59(72(101)88-63)85-73(60)102/h6-15,22-28,31-33,37-38,47-48,55,58-68,77,81,90-92,94-98H,5,16-21,29-30,80H2,1-4H3,(H,82,104)(H,83,103)(H,84,100)(H,85,102)(H,86,105)(H,87,99)(H,88,101)(H,89,93)/t32?,33?,37?,38?,47-,48+,55-,58?,59-,60-,61+,62-,63+,64-,65-,66-,67+,68-,77+/m1/s1. The summed E-state index contributed by atoms with van der Waals surface area (Å²) in [6, 6.07) is 4.34. The number of likely N-dealkylation sites (N-methyl/N-ethyl adjacent to an activating group) is 1. The maximum atomic E-state index is 16.4. The first kappa shape index (κ1) is 80.9. The molecule has 36 heteroatoms. The molecule has 1 saturated heterocycles. The van der Waals surface area contributed by atoms with Crippen LogP contribution in [0.1, 0.15) is 124 Å². The van der Waals surface area contributed by atoms with E-state index in [0.29, 0.717) is 11.8 Å². The highest BCUT2D eigenvalue weighted by Crippen LogP contribution is 2.55. The number of halogens is 2. The number of sulfonamides is 1. The van der Waals surface area contributed by atoms with Gasteiger partial charge in [-0.05, 0) is 189 Å². The quantitative estimate of drug-likeness (QED) is 0.0662. The molecular weight excluding hydrogens is 1540 g/mol. The molecule has 6 aromatic carbocycles. The zero-order valence-corrected chi connectivity index (χ0v) is 63.5. The third-order valence-corrected chi connectivity index (χ3v) is 23.7. The number of hydrogen-bond acceptors (Lipinski definition) is 25. The smallest absolute Gasteiger partial charge is 0.264 e. The van der Waals surface area contributed by atoms with E-state index in [1.165, 1.54) is 37.4 Å². The minimum Gasteiger partial charge on any atom is -0.508 e. The SMILES string of the molecule is CCOc1ccc(S(=O)(=O)NC(=O)C[C@@H]2NC(=O)[C@H](NC(=O)[C@@H](CC(C)C)NC)[C@H](O)c3ccc(c(Cl)c3)Oc3cc4cc(c3O[C@@H]3O[C@H](CN)[C@@H](O)[C@H](O)[C@H]3O)Oc3ccc(cc3Cl)[C@@H](O)[C@@H]3NC(=O)[C@H](NC(=O)[C@@H]4NC2=O)c2ccc(O)c(c2)-c2c(O)cc(O)cc2[C@@H](C(=O)NC2C4CC5CC(C4)CC2C5)NC3=O)cc1. The van der Waals surface area contributed by atoms with Crippen LogP contribution in [0.4, 0.5) is 0 Å². The molecule has 10 aliphatic rings. The van der Waals surface area contributed by atoms with Gasteiger partial charge in [-0.25, -0.2) is 13.1 Å². The van der Waals surface area contributed by atoms with E-state index >= 15 is 28.8 Å². The van der Waals surface area contributed by atoms with Crippen molar-refractivity contribution in [3.8, 4) is 62.9 Å². The second-order valence-corrected chi connectivity index (χ2v) is 32.3. The van der Waals surface area contributed by atoms with E-state index in [1.54, 1.807) is 20.8 Å². The van der Waals surface area contributed by atoms with Crippen molar-refractivity contribution in [1.29, 1.82) is 0 Å². The highest BCUT2D eigenvalue weighted by atomic mass is 35.5. The minimum atomic E-state index is -4.87. The molecule has 14 atom stereocenters. The zero-order valence-electron chi connectivity index (χ0n) is 61.2. The molecule has 0 unspecified atom stereocenters. The van der Waals surface area contributed by atoms with Crippen LogP contribution in [0.3, 0.4) is 0 Å². The number of carbonyl (C=O) groups excluding carboxylic acids is 8. The maximum Gasteiger partial charge on any atom is 0.264 e. The van der Waals surface area contributed by atoms with Crippen molar-refractivity contribution in [2.24, 2.45) is 35.3 Å². The molecule has 602 valence electrons. The van der Waals surface area contributed by atoms with Gasteiger partial charge < -0.3 is 113 Å². The second-order valence-electron chi connectivity index (χ2n) is 29.8. The number of aliphatic hydroxyl groups is 5. The molecule has 19 N–H and O–H groups in total. The number of ether oxygens (including phenoxy) is 5. The minimum absolute atomic E-state index is 0.0624. The average Bonchev–Trinajstić information content (AvgIpc) is 0.756. The number of hydrogen-bond donors (Lipinski definition) is 18. The summed E-state index contributed by atoms with van der Waals surface area (Å²) in [5, 5.41) is 115. The van der Waals surface area contributed by atoms with Crippen LogP contribution in [0.15, 0.2) is 108 Å². The lowest BCUT2D eigenvalue weighted by molar-refractivity contribution is -0.270. The van der Waals surface area contributed by atoms with Crippen LogP contribution in [0.5, 0.6) is 51.7 Å². The lowest BCUT2D eigenvalue weighted by atomic mass is 9.54. The van der Waals surface area contributed by atoms with E-state index in [1.807, 2.05) is 4.72 Å². The number of phenolic OH excluding ortho intramolecular Hbond substituents is 3. The van der Waals surface area contributed by atoms with Gasteiger partial charge in [0.1, 0.15) is 107 Å². The van der Waals surface area contributed by atoms with Crippen LogP contribution in [-0.2, 0) is 53.1 Å². The number of aromatic hydroxyl groups is 3. The molecule has 6 aliphatic heterocycles. The van der Waals surface area contributed by atoms with Gasteiger partial charge in [-0.3, -0.25) is 38.4 Å². The fourth-order valence-electron chi connectivity index (χ4n) is 16.3. The van der Waals surface area contributed by atoms with E-state index in [0.717, 1.165) is 105 Å². The van der Waals surface area contributed by atoms with Gasteiger partial charge in [-0.1, -0.05) is 55.2 Å². The largest absolute Gasteiger partial charge is 0.508 e. The Morgan fingerprint density at radius 3 is 1.84 bits per heavy atom. The Bertz CT molecular complexity index is 4820. The summed E-state index contributed by atoms with van der Waals surface area (Å²) in [5.41, 5.74) is 3.68. The molecule has 4 saturated carbocycles. The lowest BCUT2D eigenvalue weighted by Gasteiger charge is -2.54. The van der Waals surface area contributed by atoms with Crippen molar-refractivity contribution in [3.05, 3.63) is 141 Å². The molecule has 0 aromatic heterocycles. The Balaban J connectivity index is 1.01. The summed E-state index contributed by atoms with van der Waals surface area (Å²) >= 11 is 14.2. The predicted molar refractivity (Wildman–Crippen MR) is 400 cm³/mol. The number of fused-ring (bicyclic) bond motifs is 15. The van der Waals surface area contributed by atoms with Crippen LogP contribution in [0.25, 0.3) is 11.1 Å². The number of rotatable bonds is 16. The van der Waals surface area contributed by atoms with Crippen molar-refractivity contribution in [2.45, 2.75) is 162 Å². The van der Waals surface area contributed by atoms with Gasteiger partial charge >= 0.3 is 0 Å². The number of nitrogens with one attached hydrogen (secondary N) is 9. The molecule has 8 amide bonds. The fraction of sp³-hybridized carbons (Fsp3) is 0.429. The van der Waals surface area contributed by atoms with E-state index in [4.69, 9.17) is 52.6 Å². The van der Waals surface area contributed by atoms with E-state index in [-0.39, 0.29) is 92.5 Å². The lowest BCUT2D eigenvalue weighted by Crippen LogP contribution is -2.60. The van der Waals surface area contributed by atoms with Crippen LogP contribution in [0, 0.1) is 29.6 Å². The third kappa shape index (κ3) is 17.0. The first-order valence-corrected chi connectivity index (χ1v) is 39.0. The molecule has 33 nitrogen and oxygen atoms in total. The topological polar surface area (TPSA) is 513 Å². The van der Waals surface area contributed by atoms with Gasteiger partial charge in [0.2, 0.25) is 59.3 Å². The molecule has 16 rings (SSSR count). The van der Waals surface area contributed by atoms with Crippen molar-refractivity contribution in [2.75, 3.05) is 20.2 Å². The highest BCUT2D eigenvalue weighted by molar-refractivity contribution is 7.90. The molecule has 6 heterocycles. The van der Waals surface area contributed by atoms with Crippen LogP contribution in [0.2, 0.25) is 10.0 Å². The Morgan fingerprint density at radius 2 is 1.24 bits per heavy atom. The molecule has 4 aliphatic carbocycles. The van der Waals surface area contributed by atoms with Gasteiger partial charge in [0, 0.05) is 29.8 Å². The van der Waals surface area contributed by atoms with E-state index in [2.05, 4.69) is 42.5 Å². The Hall–Kier alpha value is -10.1. The normalized spacial score (nSPS) is 28.3. The van der Waals surface area contributed by atoms with Crippen LogP contribution in [-0.4, -0.2) is 178 Å². The molecule has 113 heavy (non-hydrogen) atoms. The summed E-state index contributed by atoms with van der Waals surface area (Å²) in [4.78, 5) is 123. The number of aliphatic hydroxyl groups excluding tert-OH is 5. The Morgan fingerprint density at radius 1 is 0.637 bits per heavy atom. The summed E-state index contributed by atoms with van der Waals surface area (Å²) in [7, 11) is -3.41. The van der Waals surface area contributed by atoms with Crippen molar-refractivity contribution >= 4 is 80.5 Å². The van der Waals surface area contributed by atoms with Crippen molar-refractivity contribution in [3.63, 3.8) is 0 Å². The summed E-state index contributed by atoms with van der Waals surface area (Å²) in [6.45, 7) is 5.03.